The predicted molar refractivity (Wildman–Crippen MR) is 127 cm³/mol. The summed E-state index contributed by atoms with van der Waals surface area (Å²) in [5.74, 6) is 0.698. The van der Waals surface area contributed by atoms with E-state index in [0.29, 0.717) is 25.3 Å². The van der Waals surface area contributed by atoms with Gasteiger partial charge in [-0.1, -0.05) is 48.5 Å². The fourth-order valence-corrected chi connectivity index (χ4v) is 4.41. The van der Waals surface area contributed by atoms with Crippen LogP contribution < -0.4 is 9.84 Å². The zero-order chi connectivity index (χ0) is 23.9. The summed E-state index contributed by atoms with van der Waals surface area (Å²) in [5.41, 5.74) is 2.10. The van der Waals surface area contributed by atoms with Crippen LogP contribution in [-0.2, 0) is 16.1 Å². The Hall–Kier alpha value is -3.13. The molecule has 1 heterocycles. The zero-order valence-corrected chi connectivity index (χ0v) is 19.3. The van der Waals surface area contributed by atoms with E-state index in [2.05, 4.69) is 24.3 Å². The Morgan fingerprint density at radius 3 is 2.59 bits per heavy atom. The lowest BCUT2D eigenvalue weighted by Crippen LogP contribution is -2.51. The summed E-state index contributed by atoms with van der Waals surface area (Å²) >= 11 is 0. The monoisotopic (exact) mass is 464 g/mol. The lowest BCUT2D eigenvalue weighted by Gasteiger charge is -2.40. The molecule has 1 fully saturated rings. The van der Waals surface area contributed by atoms with Crippen LogP contribution in [0.15, 0.2) is 66.7 Å². The first-order chi connectivity index (χ1) is 16.5. The van der Waals surface area contributed by atoms with Crippen molar-refractivity contribution in [1.29, 1.82) is 0 Å². The second kappa shape index (κ2) is 11.3. The van der Waals surface area contributed by atoms with Crippen molar-refractivity contribution in [3.05, 3.63) is 77.9 Å². The summed E-state index contributed by atoms with van der Waals surface area (Å²) in [5, 5.41) is 23.6. The van der Waals surface area contributed by atoms with Crippen LogP contribution in [0, 0.1) is 0 Å². The van der Waals surface area contributed by atoms with E-state index < -0.39 is 12.2 Å². The van der Waals surface area contributed by atoms with E-state index in [-0.39, 0.29) is 31.8 Å². The number of aliphatic hydroxyl groups is 1. The molecule has 0 aliphatic carbocycles. The Bertz CT molecular complexity index is 1090. The third kappa shape index (κ3) is 6.05. The Kier molecular flexibility index (Phi) is 8.00. The molecular formula is C27H30NO6-. The molecule has 1 amide bonds. The predicted octanol–water partition coefficient (Wildman–Crippen LogP) is 2.94. The maximum absolute atomic E-state index is 11.5. The number of fused-ring (bicyclic) bond motifs is 1. The molecule has 34 heavy (non-hydrogen) atoms. The number of hydrogen-bond donors (Lipinski definition) is 1. The van der Waals surface area contributed by atoms with Gasteiger partial charge in [-0.25, -0.2) is 0 Å². The van der Waals surface area contributed by atoms with Crippen molar-refractivity contribution in [2.45, 2.75) is 31.2 Å². The van der Waals surface area contributed by atoms with E-state index >= 15 is 0 Å². The summed E-state index contributed by atoms with van der Waals surface area (Å²) < 4.78 is 16.8. The molecule has 1 N–H and O–H groups in total. The van der Waals surface area contributed by atoms with Crippen molar-refractivity contribution in [1.82, 2.24) is 4.90 Å². The highest BCUT2D eigenvalue weighted by molar-refractivity contribution is 5.82. The number of amides is 1. The van der Waals surface area contributed by atoms with Crippen LogP contribution in [0.1, 0.15) is 23.5 Å². The van der Waals surface area contributed by atoms with E-state index in [1.165, 1.54) is 17.4 Å². The van der Waals surface area contributed by atoms with Gasteiger partial charge in [-0.15, -0.1) is 0 Å². The van der Waals surface area contributed by atoms with E-state index in [1.807, 2.05) is 42.5 Å². The number of carbonyl (C=O) groups excluding carboxylic acids is 1. The number of nitrogens with zero attached hydrogens (tertiary/aromatic N) is 1. The molecule has 7 nitrogen and oxygen atoms in total. The largest absolute Gasteiger partial charge is 0.530 e. The van der Waals surface area contributed by atoms with Crippen LogP contribution in [0.3, 0.4) is 0 Å². The smallest absolute Gasteiger partial charge is 0.137 e. The molecule has 3 aromatic carbocycles. The zero-order valence-electron chi connectivity index (χ0n) is 19.3. The van der Waals surface area contributed by atoms with Gasteiger partial charge in [0.05, 0.1) is 19.3 Å². The average Bonchev–Trinajstić information content (AvgIpc) is 2.86. The van der Waals surface area contributed by atoms with Gasteiger partial charge in [0.1, 0.15) is 24.6 Å². The second-order valence-electron chi connectivity index (χ2n) is 8.63. The molecule has 0 spiro atoms. The van der Waals surface area contributed by atoms with E-state index in [4.69, 9.17) is 14.2 Å². The number of benzene rings is 3. The van der Waals surface area contributed by atoms with Gasteiger partial charge in [-0.05, 0) is 46.5 Å². The van der Waals surface area contributed by atoms with Gasteiger partial charge in [0.2, 0.25) is 0 Å². The summed E-state index contributed by atoms with van der Waals surface area (Å²) in [4.78, 5) is 12.8. The number of piperidine rings is 1. The molecular weight excluding hydrogens is 434 g/mol. The fraction of sp³-hybridized carbons (Fsp3) is 0.370. The molecule has 0 radical (unpaired) electrons. The lowest BCUT2D eigenvalue weighted by molar-refractivity contribution is -0.268. The minimum Gasteiger partial charge on any atom is -0.530 e. The molecule has 7 heteroatoms. The first kappa shape index (κ1) is 24.0. The quantitative estimate of drug-likeness (QED) is 0.524. The average molecular weight is 465 g/mol. The van der Waals surface area contributed by atoms with Crippen molar-refractivity contribution in [3.8, 4) is 5.75 Å². The number of carboxylic acid groups (broad SMARTS) is 1. The normalized spacial score (nSPS) is 19.2. The van der Waals surface area contributed by atoms with E-state index in [1.54, 1.807) is 0 Å². The minimum atomic E-state index is -1.17. The Morgan fingerprint density at radius 1 is 1.09 bits per heavy atom. The number of carbonyl (C=O) groups is 1. The third-order valence-electron chi connectivity index (χ3n) is 6.20. The molecule has 1 saturated heterocycles. The van der Waals surface area contributed by atoms with E-state index in [9.17, 15) is 15.0 Å². The van der Waals surface area contributed by atoms with Gasteiger partial charge in [0.25, 0.3) is 0 Å². The summed E-state index contributed by atoms with van der Waals surface area (Å²) in [7, 11) is 1.53. The lowest BCUT2D eigenvalue weighted by atomic mass is 9.87. The highest BCUT2D eigenvalue weighted by Crippen LogP contribution is 2.32. The molecule has 0 bridgehead atoms. The molecule has 4 rings (SSSR count). The maximum Gasteiger partial charge on any atom is 0.137 e. The number of hydrogen-bond acceptors (Lipinski definition) is 6. The van der Waals surface area contributed by atoms with Crippen LogP contribution in [0.2, 0.25) is 0 Å². The Balaban J connectivity index is 1.44. The van der Waals surface area contributed by atoms with Gasteiger partial charge in [0.15, 0.2) is 0 Å². The van der Waals surface area contributed by atoms with Gasteiger partial charge < -0.3 is 34.1 Å². The SMILES string of the molecule is COCC(O)COc1ccc(C2CCN(C(=O)[O-])CC2OCc2ccc3ccccc3c2)cc1. The molecule has 3 aromatic rings. The number of likely N-dealkylation sites (tertiary alicyclic amines) is 1. The summed E-state index contributed by atoms with van der Waals surface area (Å²) in [6.45, 7) is 1.43. The molecule has 1 aliphatic heterocycles. The molecule has 0 aromatic heterocycles. The number of ether oxygens (including phenoxy) is 3. The highest BCUT2D eigenvalue weighted by Gasteiger charge is 2.31. The maximum atomic E-state index is 11.5. The van der Waals surface area contributed by atoms with Gasteiger partial charge >= 0.3 is 0 Å². The first-order valence-corrected chi connectivity index (χ1v) is 11.5. The van der Waals surface area contributed by atoms with Crippen LogP contribution in [0.25, 0.3) is 10.8 Å². The van der Waals surface area contributed by atoms with Gasteiger partial charge in [-0.3, -0.25) is 0 Å². The number of methoxy groups -OCH3 is 1. The van der Waals surface area contributed by atoms with Crippen molar-refractivity contribution < 1.29 is 29.2 Å². The molecule has 0 saturated carbocycles. The highest BCUT2D eigenvalue weighted by atomic mass is 16.5. The Morgan fingerprint density at radius 2 is 1.85 bits per heavy atom. The number of aliphatic hydroxyl groups excluding tert-OH is 1. The van der Waals surface area contributed by atoms with Gasteiger partial charge in [0, 0.05) is 26.1 Å². The van der Waals surface area contributed by atoms with Crippen molar-refractivity contribution in [2.24, 2.45) is 0 Å². The summed E-state index contributed by atoms with van der Waals surface area (Å²) in [6.07, 6.45) is -1.51. The van der Waals surface area contributed by atoms with Crippen LogP contribution in [-0.4, -0.2) is 61.7 Å². The molecule has 1 aliphatic rings. The molecule has 3 unspecified atom stereocenters. The van der Waals surface area contributed by atoms with E-state index in [0.717, 1.165) is 16.5 Å². The van der Waals surface area contributed by atoms with Crippen LogP contribution in [0.4, 0.5) is 4.79 Å². The van der Waals surface area contributed by atoms with Crippen molar-refractivity contribution in [3.63, 3.8) is 0 Å². The van der Waals surface area contributed by atoms with Crippen LogP contribution >= 0.6 is 0 Å². The minimum absolute atomic E-state index is 0.0455. The fourth-order valence-electron chi connectivity index (χ4n) is 4.41. The van der Waals surface area contributed by atoms with Crippen LogP contribution in [0.5, 0.6) is 5.75 Å². The molecule has 3 atom stereocenters. The second-order valence-corrected chi connectivity index (χ2v) is 8.63. The molecule has 180 valence electrons. The Labute approximate surface area is 199 Å². The number of rotatable bonds is 9. The standard InChI is InChI=1S/C27H31NO6/c1-32-17-23(29)18-33-24-10-8-21(9-11-24)25-12-13-28(27(30)31)15-26(25)34-16-19-6-7-20-4-2-3-5-22(20)14-19/h2-11,14,23,25-26,29H,12-13,15-18H2,1H3,(H,30,31)/p-1. The third-order valence-corrected chi connectivity index (χ3v) is 6.20. The first-order valence-electron chi connectivity index (χ1n) is 11.5. The van der Waals surface area contributed by atoms with Crippen molar-refractivity contribution in [2.75, 3.05) is 33.4 Å². The van der Waals surface area contributed by atoms with Gasteiger partial charge in [-0.2, -0.15) is 0 Å². The van der Waals surface area contributed by atoms with Crippen molar-refractivity contribution >= 4 is 16.9 Å². The summed E-state index contributed by atoms with van der Waals surface area (Å²) in [6, 6.07) is 22.1. The topological polar surface area (TPSA) is 91.3 Å².